The molecule has 2 aliphatic heterocycles. The van der Waals surface area contributed by atoms with Gasteiger partial charge in [0.15, 0.2) is 0 Å². The van der Waals surface area contributed by atoms with Gasteiger partial charge >= 0.3 is 12.1 Å². The molecule has 2 aromatic rings. The van der Waals surface area contributed by atoms with E-state index in [2.05, 4.69) is 16.4 Å². The molecule has 0 spiro atoms. The molecule has 0 aliphatic carbocycles. The van der Waals surface area contributed by atoms with Crippen LogP contribution in [0.4, 0.5) is 13.2 Å². The lowest BCUT2D eigenvalue weighted by molar-refractivity contribution is -0.192. The van der Waals surface area contributed by atoms with E-state index in [4.69, 9.17) is 19.3 Å². The minimum Gasteiger partial charge on any atom is -0.475 e. The van der Waals surface area contributed by atoms with Crippen LogP contribution in [0.15, 0.2) is 41.4 Å². The van der Waals surface area contributed by atoms with Crippen molar-refractivity contribution in [3.05, 3.63) is 54.0 Å². The zero-order valence-corrected chi connectivity index (χ0v) is 16.9. The number of carbonyl (C=O) groups excluding carboxylic acids is 1. The Morgan fingerprint density at radius 2 is 1.94 bits per heavy atom. The molecule has 31 heavy (non-hydrogen) atoms. The molecule has 1 unspecified atom stereocenters. The lowest BCUT2D eigenvalue weighted by Crippen LogP contribution is -2.36. The van der Waals surface area contributed by atoms with E-state index in [-0.39, 0.29) is 11.9 Å². The molecule has 8 nitrogen and oxygen atoms in total. The molecule has 1 atom stereocenters. The molecule has 1 amide bonds. The van der Waals surface area contributed by atoms with Crippen LogP contribution in [0.5, 0.6) is 0 Å². The minimum absolute atomic E-state index is 0.151. The molecule has 0 fully saturated rings. The maximum atomic E-state index is 12.3. The molecule has 4 rings (SSSR count). The first-order valence-corrected chi connectivity index (χ1v) is 9.69. The molecule has 4 heterocycles. The summed E-state index contributed by atoms with van der Waals surface area (Å²) in [6.45, 7) is 6.36. The van der Waals surface area contributed by atoms with Crippen molar-refractivity contribution in [3.63, 3.8) is 0 Å². The van der Waals surface area contributed by atoms with Crippen molar-refractivity contribution in [1.82, 2.24) is 19.4 Å². The summed E-state index contributed by atoms with van der Waals surface area (Å²) in [5.74, 6) is -1.56. The van der Waals surface area contributed by atoms with E-state index in [1.165, 1.54) is 5.56 Å². The number of aromatic nitrogens is 2. The number of nitrogens with zero attached hydrogens (tertiary/aromatic N) is 4. The second kappa shape index (κ2) is 9.38. The van der Waals surface area contributed by atoms with E-state index in [0.29, 0.717) is 6.42 Å². The Morgan fingerprint density at radius 3 is 2.52 bits per heavy atom. The van der Waals surface area contributed by atoms with Gasteiger partial charge in [0.1, 0.15) is 5.82 Å². The molecule has 0 radical (unpaired) electrons. The van der Waals surface area contributed by atoms with Crippen molar-refractivity contribution < 1.29 is 32.3 Å². The van der Waals surface area contributed by atoms with Crippen molar-refractivity contribution in [2.45, 2.75) is 38.7 Å². The summed E-state index contributed by atoms with van der Waals surface area (Å²) < 4.78 is 39.1. The van der Waals surface area contributed by atoms with Crippen LogP contribution >= 0.6 is 0 Å². The van der Waals surface area contributed by atoms with Crippen LogP contribution in [0.3, 0.4) is 0 Å². The first-order chi connectivity index (χ1) is 14.6. The Hall–Kier alpha value is -3.08. The van der Waals surface area contributed by atoms with E-state index in [0.717, 1.165) is 44.2 Å². The Kier molecular flexibility index (Phi) is 6.84. The molecule has 0 saturated heterocycles. The van der Waals surface area contributed by atoms with Crippen molar-refractivity contribution in [3.8, 4) is 0 Å². The van der Waals surface area contributed by atoms with Crippen molar-refractivity contribution in [2.75, 3.05) is 19.6 Å². The number of carbonyl (C=O) groups is 2. The number of fused-ring (bicyclic) bond motifs is 1. The van der Waals surface area contributed by atoms with Crippen molar-refractivity contribution in [2.24, 2.45) is 0 Å². The fourth-order valence-corrected chi connectivity index (χ4v) is 3.46. The van der Waals surface area contributed by atoms with E-state index in [1.54, 1.807) is 12.5 Å². The summed E-state index contributed by atoms with van der Waals surface area (Å²) in [5, 5.41) is 7.12. The van der Waals surface area contributed by atoms with Crippen molar-refractivity contribution in [1.29, 1.82) is 0 Å². The highest BCUT2D eigenvalue weighted by molar-refractivity contribution is 5.79. The average Bonchev–Trinajstić information content (AvgIpc) is 3.45. The smallest absolute Gasteiger partial charge is 0.475 e. The summed E-state index contributed by atoms with van der Waals surface area (Å²) in [6, 6.07) is 2.23. The van der Waals surface area contributed by atoms with Crippen LogP contribution < -0.4 is 0 Å². The number of aliphatic carboxylic acids is 1. The number of hydrogen-bond donors (Lipinski definition) is 1. The second-order valence-corrected chi connectivity index (χ2v) is 7.31. The number of carboxylic acids is 1. The number of halogens is 3. The fraction of sp³-hybridized carbons (Fsp3) is 0.450. The third kappa shape index (κ3) is 5.75. The zero-order valence-electron chi connectivity index (χ0n) is 16.9. The number of imidazole rings is 1. The molecule has 2 aromatic heterocycles. The molecule has 0 saturated carbocycles. The van der Waals surface area contributed by atoms with Gasteiger partial charge in [-0.3, -0.25) is 9.69 Å². The third-order valence-electron chi connectivity index (χ3n) is 5.12. The Labute approximate surface area is 176 Å². The predicted octanol–water partition coefficient (Wildman–Crippen LogP) is 2.63. The monoisotopic (exact) mass is 440 g/mol. The number of rotatable bonds is 4. The average molecular weight is 440 g/mol. The largest absolute Gasteiger partial charge is 0.490 e. The molecule has 11 heteroatoms. The van der Waals surface area contributed by atoms with Gasteiger partial charge in [-0.05, 0) is 13.0 Å². The highest BCUT2D eigenvalue weighted by atomic mass is 19.4. The van der Waals surface area contributed by atoms with Crippen LogP contribution in [-0.2, 0) is 29.1 Å². The van der Waals surface area contributed by atoms with Crippen LogP contribution in [0, 0.1) is 0 Å². The molecule has 0 bridgehead atoms. The molecular formula is C20H23F3N4O4. The first-order valence-electron chi connectivity index (χ1n) is 9.69. The second-order valence-electron chi connectivity index (χ2n) is 7.31. The summed E-state index contributed by atoms with van der Waals surface area (Å²) in [7, 11) is 0. The van der Waals surface area contributed by atoms with Gasteiger partial charge in [-0.15, -0.1) is 0 Å². The van der Waals surface area contributed by atoms with Gasteiger partial charge in [0, 0.05) is 44.5 Å². The minimum atomic E-state index is -5.08. The first kappa shape index (κ1) is 22.6. The van der Waals surface area contributed by atoms with E-state index in [1.807, 2.05) is 29.3 Å². The summed E-state index contributed by atoms with van der Waals surface area (Å²) >= 11 is 0. The SMILES string of the molecule is CC1c2nc(CC(=O)N3CC=CC3)cn2CCN1Cc1ccoc1.O=C(O)C(F)(F)F. The molecule has 0 aromatic carbocycles. The molecule has 168 valence electrons. The highest BCUT2D eigenvalue weighted by Crippen LogP contribution is 2.26. The van der Waals surface area contributed by atoms with Gasteiger partial charge in [0.25, 0.3) is 0 Å². The lowest BCUT2D eigenvalue weighted by Gasteiger charge is -2.33. The van der Waals surface area contributed by atoms with Crippen LogP contribution in [-0.4, -0.2) is 62.1 Å². The third-order valence-corrected chi connectivity index (χ3v) is 5.12. The van der Waals surface area contributed by atoms with Crippen LogP contribution in [0.25, 0.3) is 0 Å². The standard InChI is InChI=1S/C18H22N4O2.C2HF3O2/c1-14-18-19-16(10-17(23)20-5-2-3-6-20)12-22(18)8-7-21(14)11-15-4-9-24-13-15;3-2(4,5)1(6)7/h2-4,9,12-14H,5-8,10-11H2,1H3;(H,6,7). The fourth-order valence-electron chi connectivity index (χ4n) is 3.46. The van der Waals surface area contributed by atoms with E-state index < -0.39 is 12.1 Å². The number of hydrogen-bond acceptors (Lipinski definition) is 5. The molecule has 2 aliphatic rings. The maximum absolute atomic E-state index is 12.3. The van der Waals surface area contributed by atoms with Crippen LogP contribution in [0.1, 0.15) is 30.0 Å². The van der Waals surface area contributed by atoms with Gasteiger partial charge in [-0.2, -0.15) is 13.2 Å². The maximum Gasteiger partial charge on any atom is 0.490 e. The van der Waals surface area contributed by atoms with E-state index >= 15 is 0 Å². The number of furan rings is 1. The van der Waals surface area contributed by atoms with Gasteiger partial charge in [-0.1, -0.05) is 12.2 Å². The number of carboxylic acid groups (broad SMARTS) is 1. The number of alkyl halides is 3. The van der Waals surface area contributed by atoms with Crippen LogP contribution in [0.2, 0.25) is 0 Å². The van der Waals surface area contributed by atoms with E-state index in [9.17, 15) is 18.0 Å². The van der Waals surface area contributed by atoms with Crippen molar-refractivity contribution >= 4 is 11.9 Å². The Morgan fingerprint density at radius 1 is 1.26 bits per heavy atom. The highest BCUT2D eigenvalue weighted by Gasteiger charge is 2.38. The topological polar surface area (TPSA) is 91.8 Å². The molecular weight excluding hydrogens is 417 g/mol. The van der Waals surface area contributed by atoms with Gasteiger partial charge in [0.05, 0.1) is 30.7 Å². The van der Waals surface area contributed by atoms with Gasteiger partial charge in [-0.25, -0.2) is 9.78 Å². The Bertz CT molecular complexity index is 929. The van der Waals surface area contributed by atoms with Gasteiger partial charge in [0.2, 0.25) is 5.91 Å². The normalized spacial score (nSPS) is 18.5. The quantitative estimate of drug-likeness (QED) is 0.735. The summed E-state index contributed by atoms with van der Waals surface area (Å²) in [4.78, 5) is 30.2. The predicted molar refractivity (Wildman–Crippen MR) is 103 cm³/mol. The zero-order chi connectivity index (χ0) is 22.6. The summed E-state index contributed by atoms with van der Waals surface area (Å²) in [5.41, 5.74) is 2.05. The Balaban J connectivity index is 0.000000339. The van der Waals surface area contributed by atoms with Gasteiger partial charge < -0.3 is 19.0 Å². The number of amides is 1. The summed E-state index contributed by atoms with van der Waals surface area (Å²) in [6.07, 6.45) is 4.92. The lowest BCUT2D eigenvalue weighted by atomic mass is 10.2. The molecule has 1 N–H and O–H groups in total.